The van der Waals surface area contributed by atoms with Crippen LogP contribution in [0, 0.1) is 0 Å². The van der Waals surface area contributed by atoms with Crippen molar-refractivity contribution in [3.8, 4) is 5.75 Å². The average molecular weight is 402 g/mol. The quantitative estimate of drug-likeness (QED) is 0.740. The minimum atomic E-state index is 0.101. The van der Waals surface area contributed by atoms with E-state index in [9.17, 15) is 4.79 Å². The highest BCUT2D eigenvalue weighted by atomic mass is 32.1. The summed E-state index contributed by atoms with van der Waals surface area (Å²) in [5, 5.41) is 3.35. The van der Waals surface area contributed by atoms with E-state index >= 15 is 0 Å². The molecule has 1 aromatic heterocycles. The van der Waals surface area contributed by atoms with Gasteiger partial charge in [0.05, 0.1) is 19.3 Å². The number of amides is 1. The SMILES string of the molecule is COc1ccc(CCC(=O)N2CCN(Cc3nc(C(C)(C)C)cs3)CC2)cc1. The summed E-state index contributed by atoms with van der Waals surface area (Å²) in [7, 11) is 1.66. The van der Waals surface area contributed by atoms with Gasteiger partial charge in [0.15, 0.2) is 0 Å². The van der Waals surface area contributed by atoms with Crippen molar-refractivity contribution >= 4 is 17.2 Å². The highest BCUT2D eigenvalue weighted by Gasteiger charge is 2.23. The molecule has 0 saturated carbocycles. The number of thiazole rings is 1. The van der Waals surface area contributed by atoms with Gasteiger partial charge >= 0.3 is 0 Å². The van der Waals surface area contributed by atoms with Crippen LogP contribution in [-0.2, 0) is 23.2 Å². The van der Waals surface area contributed by atoms with Gasteiger partial charge in [-0.3, -0.25) is 9.69 Å². The molecule has 1 fully saturated rings. The van der Waals surface area contributed by atoms with Crippen molar-refractivity contribution in [1.82, 2.24) is 14.8 Å². The number of piperazine rings is 1. The van der Waals surface area contributed by atoms with Crippen molar-refractivity contribution in [2.24, 2.45) is 0 Å². The Bertz CT molecular complexity index is 772. The number of nitrogens with zero attached hydrogens (tertiary/aromatic N) is 3. The minimum absolute atomic E-state index is 0.101. The van der Waals surface area contributed by atoms with Crippen molar-refractivity contribution in [3.05, 3.63) is 45.9 Å². The van der Waals surface area contributed by atoms with Crippen LogP contribution in [-0.4, -0.2) is 54.0 Å². The smallest absolute Gasteiger partial charge is 0.222 e. The van der Waals surface area contributed by atoms with Crippen molar-refractivity contribution in [2.45, 2.75) is 45.6 Å². The first kappa shape index (κ1) is 20.8. The van der Waals surface area contributed by atoms with Crippen LogP contribution in [0.25, 0.3) is 0 Å². The summed E-state index contributed by atoms with van der Waals surface area (Å²) in [6, 6.07) is 7.96. The molecule has 1 aliphatic heterocycles. The van der Waals surface area contributed by atoms with Crippen LogP contribution in [0.1, 0.15) is 43.5 Å². The standard InChI is InChI=1S/C22H31N3O2S/c1-22(2,3)19-16-28-20(23-19)15-24-11-13-25(14-12-24)21(26)10-7-17-5-8-18(27-4)9-6-17/h5-6,8-9,16H,7,10-15H2,1-4H3. The highest BCUT2D eigenvalue weighted by molar-refractivity contribution is 7.09. The van der Waals surface area contributed by atoms with Crippen LogP contribution in [0.3, 0.4) is 0 Å². The lowest BCUT2D eigenvalue weighted by Crippen LogP contribution is -2.48. The van der Waals surface area contributed by atoms with E-state index in [1.54, 1.807) is 18.4 Å². The van der Waals surface area contributed by atoms with E-state index in [0.29, 0.717) is 6.42 Å². The van der Waals surface area contributed by atoms with Gasteiger partial charge in [-0.25, -0.2) is 4.98 Å². The number of aromatic nitrogens is 1. The molecule has 2 heterocycles. The van der Waals surface area contributed by atoms with Crippen molar-refractivity contribution in [1.29, 1.82) is 0 Å². The van der Waals surface area contributed by atoms with E-state index in [1.807, 2.05) is 29.2 Å². The van der Waals surface area contributed by atoms with Gasteiger partial charge < -0.3 is 9.64 Å². The first-order chi connectivity index (χ1) is 13.3. The maximum atomic E-state index is 12.5. The van der Waals surface area contributed by atoms with Gasteiger partial charge in [0.2, 0.25) is 5.91 Å². The highest BCUT2D eigenvalue weighted by Crippen LogP contribution is 2.24. The molecule has 0 N–H and O–H groups in total. The Morgan fingerprint density at radius 3 is 2.39 bits per heavy atom. The topological polar surface area (TPSA) is 45.7 Å². The second-order valence-corrected chi connectivity index (χ2v) is 9.32. The normalized spacial score (nSPS) is 15.6. The zero-order valence-electron chi connectivity index (χ0n) is 17.4. The molecule has 1 aliphatic rings. The lowest BCUT2D eigenvalue weighted by Gasteiger charge is -2.34. The number of aryl methyl sites for hydroxylation is 1. The van der Waals surface area contributed by atoms with Crippen LogP contribution in [0.15, 0.2) is 29.6 Å². The Morgan fingerprint density at radius 2 is 1.82 bits per heavy atom. The number of ether oxygens (including phenoxy) is 1. The number of hydrogen-bond donors (Lipinski definition) is 0. The van der Waals surface area contributed by atoms with Gasteiger partial charge in [0.1, 0.15) is 10.8 Å². The van der Waals surface area contributed by atoms with E-state index in [1.165, 1.54) is 16.3 Å². The molecular weight excluding hydrogens is 370 g/mol. The Kier molecular flexibility index (Phi) is 6.73. The molecule has 1 saturated heterocycles. The molecular formula is C22H31N3O2S. The molecule has 152 valence electrons. The van der Waals surface area contributed by atoms with Gasteiger partial charge in [-0.15, -0.1) is 11.3 Å². The summed E-state index contributed by atoms with van der Waals surface area (Å²) in [5.41, 5.74) is 2.44. The predicted octanol–water partition coefficient (Wildman–Crippen LogP) is 3.73. The largest absolute Gasteiger partial charge is 0.497 e. The first-order valence-electron chi connectivity index (χ1n) is 9.93. The number of methoxy groups -OCH3 is 1. The maximum absolute atomic E-state index is 12.5. The monoisotopic (exact) mass is 401 g/mol. The number of hydrogen-bond acceptors (Lipinski definition) is 5. The van der Waals surface area contributed by atoms with Gasteiger partial charge in [0.25, 0.3) is 0 Å². The van der Waals surface area contributed by atoms with Crippen LogP contribution < -0.4 is 4.74 Å². The summed E-state index contributed by atoms with van der Waals surface area (Å²) in [6.07, 6.45) is 1.34. The van der Waals surface area contributed by atoms with Gasteiger partial charge in [0, 0.05) is 43.4 Å². The van der Waals surface area contributed by atoms with E-state index in [0.717, 1.165) is 44.9 Å². The zero-order valence-corrected chi connectivity index (χ0v) is 18.2. The lowest BCUT2D eigenvalue weighted by atomic mass is 9.93. The Labute approximate surface area is 172 Å². The van der Waals surface area contributed by atoms with Crippen molar-refractivity contribution in [3.63, 3.8) is 0 Å². The summed E-state index contributed by atoms with van der Waals surface area (Å²) < 4.78 is 5.18. The molecule has 0 spiro atoms. The van der Waals surface area contributed by atoms with E-state index < -0.39 is 0 Å². The minimum Gasteiger partial charge on any atom is -0.497 e. The molecule has 0 radical (unpaired) electrons. The molecule has 28 heavy (non-hydrogen) atoms. The van der Waals surface area contributed by atoms with Crippen molar-refractivity contribution in [2.75, 3.05) is 33.3 Å². The fourth-order valence-corrected chi connectivity index (χ4v) is 4.34. The third kappa shape index (κ3) is 5.55. The van der Waals surface area contributed by atoms with Gasteiger partial charge in [-0.05, 0) is 24.1 Å². The predicted molar refractivity (Wildman–Crippen MR) is 114 cm³/mol. The van der Waals surface area contributed by atoms with E-state index in [4.69, 9.17) is 9.72 Å². The van der Waals surface area contributed by atoms with E-state index in [2.05, 4.69) is 31.1 Å². The third-order valence-electron chi connectivity index (χ3n) is 5.19. The van der Waals surface area contributed by atoms with E-state index in [-0.39, 0.29) is 11.3 Å². The van der Waals surface area contributed by atoms with Gasteiger partial charge in [-0.2, -0.15) is 0 Å². The van der Waals surface area contributed by atoms with Crippen LogP contribution in [0.2, 0.25) is 0 Å². The number of benzene rings is 1. The molecule has 6 heteroatoms. The maximum Gasteiger partial charge on any atom is 0.222 e. The second-order valence-electron chi connectivity index (χ2n) is 8.38. The Hall–Kier alpha value is -1.92. The summed E-state index contributed by atoms with van der Waals surface area (Å²) in [4.78, 5) is 21.7. The average Bonchev–Trinajstić information content (AvgIpc) is 3.16. The van der Waals surface area contributed by atoms with Crippen LogP contribution >= 0.6 is 11.3 Å². The molecule has 2 aromatic rings. The molecule has 1 aromatic carbocycles. The first-order valence-corrected chi connectivity index (χ1v) is 10.8. The summed E-state index contributed by atoms with van der Waals surface area (Å²) in [6.45, 7) is 10.9. The Morgan fingerprint density at radius 1 is 1.14 bits per heavy atom. The third-order valence-corrected chi connectivity index (χ3v) is 6.02. The Balaban J connectivity index is 1.42. The molecule has 0 aliphatic carbocycles. The summed E-state index contributed by atoms with van der Waals surface area (Å²) >= 11 is 1.74. The molecule has 5 nitrogen and oxygen atoms in total. The number of carbonyl (C=O) groups excluding carboxylic acids is 1. The van der Waals surface area contributed by atoms with Crippen LogP contribution in [0.4, 0.5) is 0 Å². The number of carbonyl (C=O) groups is 1. The fourth-order valence-electron chi connectivity index (χ4n) is 3.28. The molecule has 0 unspecified atom stereocenters. The van der Waals surface area contributed by atoms with Crippen LogP contribution in [0.5, 0.6) is 5.75 Å². The number of rotatable bonds is 6. The fraction of sp³-hybridized carbons (Fsp3) is 0.545. The molecule has 0 bridgehead atoms. The molecule has 3 rings (SSSR count). The zero-order chi connectivity index (χ0) is 20.1. The summed E-state index contributed by atoms with van der Waals surface area (Å²) in [5.74, 6) is 1.10. The second kappa shape index (κ2) is 9.05. The molecule has 0 atom stereocenters. The van der Waals surface area contributed by atoms with Gasteiger partial charge in [-0.1, -0.05) is 32.9 Å². The van der Waals surface area contributed by atoms with Crippen molar-refractivity contribution < 1.29 is 9.53 Å². The molecule has 1 amide bonds. The lowest BCUT2D eigenvalue weighted by molar-refractivity contribution is -0.133.